The molecule has 1 aliphatic rings. The van der Waals surface area contributed by atoms with Crippen LogP contribution in [0.25, 0.3) is 16.0 Å². The van der Waals surface area contributed by atoms with Gasteiger partial charge in [0, 0.05) is 4.47 Å². The van der Waals surface area contributed by atoms with Gasteiger partial charge in [0.1, 0.15) is 11.4 Å². The number of benzene rings is 1. The second kappa shape index (κ2) is 7.50. The SMILES string of the molecule is CN1CCCCC1.Nc1nc2nn(-c3ccc(Br)cc3O)cc2s1. The zero-order valence-corrected chi connectivity index (χ0v) is 15.8. The fourth-order valence-corrected chi connectivity index (χ4v) is 3.64. The summed E-state index contributed by atoms with van der Waals surface area (Å²) in [5, 5.41) is 14.6. The fraction of sp³-hybridized carbons (Fsp3) is 0.375. The van der Waals surface area contributed by atoms with Crippen LogP contribution in [0.1, 0.15) is 19.3 Å². The minimum absolute atomic E-state index is 0.155. The Morgan fingerprint density at radius 3 is 2.58 bits per heavy atom. The topological polar surface area (TPSA) is 80.2 Å². The molecule has 0 amide bonds. The molecule has 3 N–H and O–H groups in total. The predicted octanol–water partition coefficient (Wildman–Crippen LogP) is 3.63. The van der Waals surface area contributed by atoms with Crippen LogP contribution >= 0.6 is 27.3 Å². The molecule has 0 radical (unpaired) electrons. The highest BCUT2D eigenvalue weighted by Crippen LogP contribution is 2.28. The molecular weight excluding hydrogens is 390 g/mol. The van der Waals surface area contributed by atoms with Gasteiger partial charge in [-0.3, -0.25) is 0 Å². The van der Waals surface area contributed by atoms with Gasteiger partial charge in [-0.1, -0.05) is 33.7 Å². The van der Waals surface area contributed by atoms with E-state index in [-0.39, 0.29) is 5.75 Å². The van der Waals surface area contributed by atoms with Gasteiger partial charge in [-0.05, 0) is 51.2 Å². The van der Waals surface area contributed by atoms with Crippen molar-refractivity contribution in [2.24, 2.45) is 0 Å². The molecule has 0 bridgehead atoms. The molecule has 1 saturated heterocycles. The highest BCUT2D eigenvalue weighted by Gasteiger charge is 2.10. The third kappa shape index (κ3) is 4.06. The number of aromatic nitrogens is 3. The number of hydrogen-bond donors (Lipinski definition) is 2. The lowest BCUT2D eigenvalue weighted by atomic mass is 10.1. The van der Waals surface area contributed by atoms with E-state index in [2.05, 4.69) is 38.0 Å². The number of nitrogens with zero attached hydrogens (tertiary/aromatic N) is 4. The number of phenolic OH excluding ortho intramolecular Hbond substituents is 1. The van der Waals surface area contributed by atoms with Crippen molar-refractivity contribution < 1.29 is 5.11 Å². The lowest BCUT2D eigenvalue weighted by molar-refractivity contribution is 0.277. The summed E-state index contributed by atoms with van der Waals surface area (Å²) in [6, 6.07) is 5.23. The number of rotatable bonds is 1. The molecule has 0 saturated carbocycles. The van der Waals surface area contributed by atoms with Gasteiger partial charge < -0.3 is 15.7 Å². The molecule has 0 unspecified atom stereocenters. The van der Waals surface area contributed by atoms with Gasteiger partial charge in [-0.15, -0.1) is 5.10 Å². The van der Waals surface area contributed by atoms with Gasteiger partial charge in [0.15, 0.2) is 10.8 Å². The highest BCUT2D eigenvalue weighted by atomic mass is 79.9. The Balaban J connectivity index is 0.000000203. The molecule has 2 aromatic heterocycles. The fourth-order valence-electron chi connectivity index (χ4n) is 2.60. The Labute approximate surface area is 153 Å². The van der Waals surface area contributed by atoms with Crippen molar-refractivity contribution in [1.82, 2.24) is 19.7 Å². The average Bonchev–Trinajstić information content (AvgIpc) is 3.06. The third-order valence-electron chi connectivity index (χ3n) is 3.86. The van der Waals surface area contributed by atoms with E-state index in [1.807, 2.05) is 6.07 Å². The summed E-state index contributed by atoms with van der Waals surface area (Å²) in [4.78, 5) is 6.47. The second-order valence-corrected chi connectivity index (χ2v) is 7.79. The van der Waals surface area contributed by atoms with Crippen molar-refractivity contribution in [3.05, 3.63) is 28.9 Å². The molecule has 0 spiro atoms. The van der Waals surface area contributed by atoms with E-state index in [1.165, 1.54) is 43.7 Å². The molecule has 1 aromatic carbocycles. The molecule has 6 nitrogen and oxygen atoms in total. The quantitative estimate of drug-likeness (QED) is 0.641. The molecule has 8 heteroatoms. The Morgan fingerprint density at radius 2 is 2.00 bits per heavy atom. The molecule has 3 aromatic rings. The molecule has 0 aliphatic carbocycles. The smallest absolute Gasteiger partial charge is 0.194 e. The zero-order valence-electron chi connectivity index (χ0n) is 13.4. The molecule has 3 heterocycles. The summed E-state index contributed by atoms with van der Waals surface area (Å²) in [6.45, 7) is 2.64. The molecule has 0 atom stereocenters. The molecule has 1 fully saturated rings. The van der Waals surface area contributed by atoms with Crippen LogP contribution < -0.4 is 5.73 Å². The summed E-state index contributed by atoms with van der Waals surface area (Å²) in [7, 11) is 2.19. The van der Waals surface area contributed by atoms with Crippen LogP contribution in [0.15, 0.2) is 28.9 Å². The lowest BCUT2D eigenvalue weighted by Crippen LogP contribution is -2.24. The monoisotopic (exact) mass is 409 g/mol. The summed E-state index contributed by atoms with van der Waals surface area (Å²) < 4.78 is 3.30. The molecule has 24 heavy (non-hydrogen) atoms. The van der Waals surface area contributed by atoms with Crippen molar-refractivity contribution in [2.75, 3.05) is 25.9 Å². The van der Waals surface area contributed by atoms with Crippen LogP contribution in [0, 0.1) is 0 Å². The number of halogens is 1. The van der Waals surface area contributed by atoms with Crippen LogP contribution in [0.2, 0.25) is 0 Å². The van der Waals surface area contributed by atoms with Crippen LogP contribution in [-0.4, -0.2) is 44.9 Å². The Kier molecular flexibility index (Phi) is 5.37. The molecular formula is C16H20BrN5OS. The van der Waals surface area contributed by atoms with Crippen LogP contribution in [-0.2, 0) is 0 Å². The van der Waals surface area contributed by atoms with Gasteiger partial charge in [0.05, 0.1) is 10.9 Å². The average molecular weight is 410 g/mol. The van der Waals surface area contributed by atoms with Crippen molar-refractivity contribution in [2.45, 2.75) is 19.3 Å². The molecule has 4 rings (SSSR count). The summed E-state index contributed by atoms with van der Waals surface area (Å²) in [6.07, 6.45) is 6.07. The van der Waals surface area contributed by atoms with Gasteiger partial charge in [0.2, 0.25) is 0 Å². The van der Waals surface area contributed by atoms with Crippen molar-refractivity contribution in [3.63, 3.8) is 0 Å². The number of hydrogen-bond acceptors (Lipinski definition) is 6. The van der Waals surface area contributed by atoms with E-state index in [9.17, 15) is 5.11 Å². The summed E-state index contributed by atoms with van der Waals surface area (Å²) in [5.41, 5.74) is 6.78. The Bertz CT molecular complexity index is 794. The van der Waals surface area contributed by atoms with Crippen molar-refractivity contribution in [1.29, 1.82) is 0 Å². The van der Waals surface area contributed by atoms with Crippen molar-refractivity contribution in [3.8, 4) is 11.4 Å². The number of anilines is 1. The van der Waals surface area contributed by atoms with Gasteiger partial charge in [-0.25, -0.2) is 4.68 Å². The van der Waals surface area contributed by atoms with Crippen molar-refractivity contribution >= 4 is 42.7 Å². The zero-order chi connectivity index (χ0) is 17.1. The minimum Gasteiger partial charge on any atom is -0.506 e. The maximum atomic E-state index is 9.83. The van der Waals surface area contributed by atoms with Gasteiger partial charge in [-0.2, -0.15) is 4.98 Å². The number of nitrogens with two attached hydrogens (primary N) is 1. The maximum Gasteiger partial charge on any atom is 0.194 e. The largest absolute Gasteiger partial charge is 0.506 e. The van der Waals surface area contributed by atoms with E-state index >= 15 is 0 Å². The first-order valence-corrected chi connectivity index (χ1v) is 9.43. The van der Waals surface area contributed by atoms with Crippen LogP contribution in [0.4, 0.5) is 5.13 Å². The molecule has 1 aliphatic heterocycles. The Hall–Kier alpha value is -1.64. The summed E-state index contributed by atoms with van der Waals surface area (Å²) in [5.74, 6) is 0.155. The number of likely N-dealkylation sites (tertiary alicyclic amines) is 1. The van der Waals surface area contributed by atoms with E-state index in [1.54, 1.807) is 23.0 Å². The van der Waals surface area contributed by atoms with Crippen LogP contribution in [0.5, 0.6) is 5.75 Å². The van der Waals surface area contributed by atoms with E-state index in [0.29, 0.717) is 16.5 Å². The number of fused-ring (bicyclic) bond motifs is 1. The van der Waals surface area contributed by atoms with Gasteiger partial charge >= 0.3 is 0 Å². The first-order valence-electron chi connectivity index (χ1n) is 7.82. The highest BCUT2D eigenvalue weighted by molar-refractivity contribution is 9.10. The number of thiazole rings is 1. The number of piperidine rings is 1. The standard InChI is InChI=1S/C10H7BrN4OS.C6H13N/c11-5-1-2-6(7(16)3-5)15-4-8-9(14-15)13-10(12)17-8;1-7-5-3-2-4-6-7/h1-4,16H,(H2,12,13,14);2-6H2,1H3. The normalized spacial score (nSPS) is 15.2. The maximum absolute atomic E-state index is 9.83. The second-order valence-electron chi connectivity index (χ2n) is 5.81. The number of nitrogen functional groups attached to an aromatic ring is 1. The summed E-state index contributed by atoms with van der Waals surface area (Å²) >= 11 is 4.66. The molecule has 128 valence electrons. The van der Waals surface area contributed by atoms with E-state index in [4.69, 9.17) is 5.73 Å². The first kappa shape index (κ1) is 17.2. The number of aromatic hydroxyl groups is 1. The first-order chi connectivity index (χ1) is 11.5. The van der Waals surface area contributed by atoms with E-state index < -0.39 is 0 Å². The van der Waals surface area contributed by atoms with E-state index in [0.717, 1.165) is 9.17 Å². The Morgan fingerprint density at radius 1 is 1.25 bits per heavy atom. The van der Waals surface area contributed by atoms with Crippen LogP contribution in [0.3, 0.4) is 0 Å². The lowest BCUT2D eigenvalue weighted by Gasteiger charge is -2.20. The predicted molar refractivity (Wildman–Crippen MR) is 102 cm³/mol. The number of phenols is 1. The minimum atomic E-state index is 0.155. The third-order valence-corrected chi connectivity index (χ3v) is 5.16. The van der Waals surface area contributed by atoms with Gasteiger partial charge in [0.25, 0.3) is 0 Å².